The summed E-state index contributed by atoms with van der Waals surface area (Å²) >= 11 is 9.13. The van der Waals surface area contributed by atoms with Crippen LogP contribution in [0.2, 0.25) is 0 Å². The van der Waals surface area contributed by atoms with E-state index in [0.29, 0.717) is 47.8 Å². The molecule has 0 saturated carbocycles. The summed E-state index contributed by atoms with van der Waals surface area (Å²) in [6.07, 6.45) is 1.80. The standard InChI is InChI=1S/C23H25BrN2O4S/c1-5-28-17-10-8-16(9-11-17)26-22(27)19(25(4)23(26)31)12-15-13-20(29-6-2)21(30-7-3)14-18(15)24/h8-14H,5-7H2,1-4H3/b19-12-. The van der Waals surface area contributed by atoms with E-state index >= 15 is 0 Å². The Labute approximate surface area is 196 Å². The molecule has 31 heavy (non-hydrogen) atoms. The van der Waals surface area contributed by atoms with Crippen LogP contribution < -0.4 is 19.1 Å². The summed E-state index contributed by atoms with van der Waals surface area (Å²) in [5.74, 6) is 1.82. The van der Waals surface area contributed by atoms with Gasteiger partial charge in [0.25, 0.3) is 5.91 Å². The number of rotatable bonds is 8. The van der Waals surface area contributed by atoms with Gasteiger partial charge in [-0.15, -0.1) is 0 Å². The Morgan fingerprint density at radius 2 is 1.55 bits per heavy atom. The number of hydrogen-bond acceptors (Lipinski definition) is 5. The molecule has 1 heterocycles. The summed E-state index contributed by atoms with van der Waals surface area (Å²) in [5.41, 5.74) is 1.94. The second-order valence-electron chi connectivity index (χ2n) is 6.63. The van der Waals surface area contributed by atoms with Crippen LogP contribution in [0, 0.1) is 0 Å². The minimum absolute atomic E-state index is 0.199. The van der Waals surface area contributed by atoms with Crippen molar-refractivity contribution in [1.29, 1.82) is 0 Å². The van der Waals surface area contributed by atoms with Gasteiger partial charge >= 0.3 is 0 Å². The molecule has 0 aromatic heterocycles. The fourth-order valence-corrected chi connectivity index (χ4v) is 3.91. The Kier molecular flexibility index (Phi) is 7.56. The quantitative estimate of drug-likeness (QED) is 0.361. The first-order valence-corrected chi connectivity index (χ1v) is 11.3. The zero-order chi connectivity index (χ0) is 22.5. The van der Waals surface area contributed by atoms with Gasteiger partial charge in [0.05, 0.1) is 25.5 Å². The fourth-order valence-electron chi connectivity index (χ4n) is 3.19. The first-order valence-electron chi connectivity index (χ1n) is 10.1. The number of carbonyl (C=O) groups is 1. The molecule has 0 atom stereocenters. The summed E-state index contributed by atoms with van der Waals surface area (Å²) < 4.78 is 17.7. The maximum atomic E-state index is 13.3. The zero-order valence-corrected chi connectivity index (χ0v) is 20.4. The molecule has 2 aromatic carbocycles. The third-order valence-corrected chi connectivity index (χ3v) is 5.77. The summed E-state index contributed by atoms with van der Waals surface area (Å²) in [6.45, 7) is 7.37. The van der Waals surface area contributed by atoms with E-state index < -0.39 is 0 Å². The number of amides is 1. The van der Waals surface area contributed by atoms with E-state index in [9.17, 15) is 4.79 Å². The van der Waals surface area contributed by atoms with E-state index in [1.54, 1.807) is 18.0 Å². The lowest BCUT2D eigenvalue weighted by atomic mass is 10.1. The molecule has 1 amide bonds. The summed E-state index contributed by atoms with van der Waals surface area (Å²) in [5, 5.41) is 0.410. The minimum atomic E-state index is -0.199. The van der Waals surface area contributed by atoms with Gasteiger partial charge in [0, 0.05) is 11.5 Å². The molecule has 1 aliphatic rings. The molecule has 3 rings (SSSR count). The molecule has 0 unspecified atom stereocenters. The summed E-state index contributed by atoms with van der Waals surface area (Å²) in [4.78, 5) is 16.5. The second-order valence-corrected chi connectivity index (χ2v) is 7.84. The average Bonchev–Trinajstić information content (AvgIpc) is 2.95. The van der Waals surface area contributed by atoms with Crippen LogP contribution in [0.1, 0.15) is 26.3 Å². The van der Waals surface area contributed by atoms with Crippen LogP contribution >= 0.6 is 28.1 Å². The van der Waals surface area contributed by atoms with Crippen LogP contribution in [-0.2, 0) is 4.79 Å². The number of anilines is 1. The van der Waals surface area contributed by atoms with Crippen LogP contribution in [0.25, 0.3) is 6.08 Å². The molecule has 6 nitrogen and oxygen atoms in total. The monoisotopic (exact) mass is 504 g/mol. The van der Waals surface area contributed by atoms with Crippen molar-refractivity contribution in [2.75, 3.05) is 31.8 Å². The Balaban J connectivity index is 1.96. The minimum Gasteiger partial charge on any atom is -0.494 e. The highest BCUT2D eigenvalue weighted by molar-refractivity contribution is 9.10. The molecule has 0 N–H and O–H groups in total. The SMILES string of the molecule is CCOc1ccc(N2C(=O)/C(=C/c3cc(OCC)c(OCC)cc3Br)N(C)C2=S)cc1. The van der Waals surface area contributed by atoms with Crippen molar-refractivity contribution in [2.45, 2.75) is 20.8 Å². The number of halogens is 1. The normalized spacial score (nSPS) is 15.1. The highest BCUT2D eigenvalue weighted by Gasteiger charge is 2.37. The van der Waals surface area contributed by atoms with E-state index in [1.807, 2.05) is 57.2 Å². The van der Waals surface area contributed by atoms with E-state index in [0.717, 1.165) is 15.8 Å². The number of hydrogen-bond donors (Lipinski definition) is 0. The van der Waals surface area contributed by atoms with Crippen LogP contribution in [0.4, 0.5) is 5.69 Å². The van der Waals surface area contributed by atoms with E-state index in [2.05, 4.69) is 15.9 Å². The Hall–Kier alpha value is -2.58. The third kappa shape index (κ3) is 4.85. The van der Waals surface area contributed by atoms with Crippen molar-refractivity contribution in [1.82, 2.24) is 4.90 Å². The van der Waals surface area contributed by atoms with E-state index in [4.69, 9.17) is 26.4 Å². The molecule has 8 heteroatoms. The fraction of sp³-hybridized carbons (Fsp3) is 0.304. The van der Waals surface area contributed by atoms with Crippen molar-refractivity contribution in [2.24, 2.45) is 0 Å². The van der Waals surface area contributed by atoms with Crippen molar-refractivity contribution in [3.8, 4) is 17.2 Å². The predicted molar refractivity (Wildman–Crippen MR) is 130 cm³/mol. The molecule has 1 saturated heterocycles. The predicted octanol–water partition coefficient (Wildman–Crippen LogP) is 5.25. The largest absolute Gasteiger partial charge is 0.494 e. The number of thiocarbonyl (C=S) groups is 1. The molecular formula is C23H25BrN2O4S. The lowest BCUT2D eigenvalue weighted by Crippen LogP contribution is -2.31. The summed E-state index contributed by atoms with van der Waals surface area (Å²) in [7, 11) is 1.78. The molecule has 1 fully saturated rings. The number of likely N-dealkylation sites (N-methyl/N-ethyl adjacent to an activating group) is 1. The smallest absolute Gasteiger partial charge is 0.281 e. The van der Waals surface area contributed by atoms with Crippen LogP contribution in [-0.4, -0.2) is 42.8 Å². The first-order chi connectivity index (χ1) is 14.9. The number of benzene rings is 2. The van der Waals surface area contributed by atoms with Gasteiger partial charge in [-0.2, -0.15) is 0 Å². The lowest BCUT2D eigenvalue weighted by molar-refractivity contribution is -0.114. The van der Waals surface area contributed by atoms with Crippen LogP contribution in [0.3, 0.4) is 0 Å². The molecule has 0 radical (unpaired) electrons. The van der Waals surface area contributed by atoms with Gasteiger partial charge in [-0.05, 0) is 81.0 Å². The highest BCUT2D eigenvalue weighted by atomic mass is 79.9. The van der Waals surface area contributed by atoms with Crippen molar-refractivity contribution >= 4 is 50.9 Å². The molecule has 164 valence electrons. The van der Waals surface area contributed by atoms with Crippen molar-refractivity contribution < 1.29 is 19.0 Å². The number of carbonyl (C=O) groups excluding carboxylic acids is 1. The average molecular weight is 505 g/mol. The molecule has 0 aliphatic carbocycles. The molecule has 0 spiro atoms. The Morgan fingerprint density at radius 1 is 0.968 bits per heavy atom. The number of nitrogens with zero attached hydrogens (tertiary/aromatic N) is 2. The Bertz CT molecular complexity index is 1010. The maximum Gasteiger partial charge on any atom is 0.281 e. The molecule has 1 aliphatic heterocycles. The van der Waals surface area contributed by atoms with Gasteiger partial charge in [0.2, 0.25) is 0 Å². The maximum absolute atomic E-state index is 13.3. The highest BCUT2D eigenvalue weighted by Crippen LogP contribution is 2.36. The molecule has 2 aromatic rings. The first kappa shape index (κ1) is 23.1. The van der Waals surface area contributed by atoms with Gasteiger partial charge < -0.3 is 19.1 Å². The molecule has 0 bridgehead atoms. The van der Waals surface area contributed by atoms with E-state index in [-0.39, 0.29) is 5.91 Å². The number of ether oxygens (including phenoxy) is 3. The lowest BCUT2D eigenvalue weighted by Gasteiger charge is -2.16. The van der Waals surface area contributed by atoms with Crippen molar-refractivity contribution in [3.63, 3.8) is 0 Å². The van der Waals surface area contributed by atoms with Gasteiger partial charge in [0.15, 0.2) is 16.6 Å². The second kappa shape index (κ2) is 10.2. The van der Waals surface area contributed by atoms with Gasteiger partial charge in [0.1, 0.15) is 11.4 Å². The van der Waals surface area contributed by atoms with Crippen molar-refractivity contribution in [3.05, 3.63) is 52.1 Å². The third-order valence-electron chi connectivity index (χ3n) is 4.62. The zero-order valence-electron chi connectivity index (χ0n) is 18.0. The van der Waals surface area contributed by atoms with E-state index in [1.165, 1.54) is 4.90 Å². The van der Waals surface area contributed by atoms with Gasteiger partial charge in [-0.3, -0.25) is 9.69 Å². The summed E-state index contributed by atoms with van der Waals surface area (Å²) in [6, 6.07) is 11.0. The Morgan fingerprint density at radius 3 is 2.13 bits per heavy atom. The topological polar surface area (TPSA) is 51.2 Å². The van der Waals surface area contributed by atoms with Gasteiger partial charge in [-0.25, -0.2) is 0 Å². The van der Waals surface area contributed by atoms with Crippen LogP contribution in [0.5, 0.6) is 17.2 Å². The molecular weight excluding hydrogens is 480 g/mol. The van der Waals surface area contributed by atoms with Crippen LogP contribution in [0.15, 0.2) is 46.6 Å². The van der Waals surface area contributed by atoms with Gasteiger partial charge in [-0.1, -0.05) is 15.9 Å².